The second-order valence-electron chi connectivity index (χ2n) is 7.31. The molecule has 0 bridgehead atoms. The molecule has 0 aliphatic rings. The van der Waals surface area contributed by atoms with Crippen molar-refractivity contribution in [2.45, 2.75) is 12.5 Å². The maximum atomic E-state index is 11.5. The summed E-state index contributed by atoms with van der Waals surface area (Å²) in [7, 11) is 1.56. The van der Waals surface area contributed by atoms with Gasteiger partial charge in [-0.25, -0.2) is 0 Å². The summed E-state index contributed by atoms with van der Waals surface area (Å²) < 4.78 is 13.3. The lowest BCUT2D eigenvalue weighted by atomic mass is 9.90. The number of benzene rings is 3. The molecule has 1 atom stereocenters. The number of methoxy groups -OCH3 is 1. The van der Waals surface area contributed by atoms with Crippen LogP contribution in [0.2, 0.25) is 0 Å². The van der Waals surface area contributed by atoms with Crippen LogP contribution in [0.15, 0.2) is 75.8 Å². The molecule has 0 radical (unpaired) electrons. The minimum absolute atomic E-state index is 0.240. The molecule has 0 spiro atoms. The Morgan fingerprint density at radius 3 is 2.56 bits per heavy atom. The van der Waals surface area contributed by atoms with Crippen molar-refractivity contribution < 1.29 is 14.4 Å². The summed E-state index contributed by atoms with van der Waals surface area (Å²) in [6, 6.07) is 19.3. The van der Waals surface area contributed by atoms with Gasteiger partial charge in [-0.1, -0.05) is 46.3 Å². The van der Waals surface area contributed by atoms with Crippen molar-refractivity contribution in [2.24, 2.45) is 0 Å². The van der Waals surface area contributed by atoms with Crippen LogP contribution >= 0.6 is 31.9 Å². The summed E-state index contributed by atoms with van der Waals surface area (Å²) in [6.45, 7) is 0.124. The second kappa shape index (κ2) is 9.75. The summed E-state index contributed by atoms with van der Waals surface area (Å²) in [5, 5.41) is 12.5. The molecule has 0 aliphatic heterocycles. The fraction of sp³-hybridized carbons (Fsp3) is 0.167. The second-order valence-corrected chi connectivity index (χ2v) is 9.08. The van der Waals surface area contributed by atoms with Crippen molar-refractivity contribution in [1.29, 1.82) is 0 Å². The standard InChI is InChI=1S/C24H20Br2N2O4/c1-31-23-11-16(10-21(26)24(23)32-14-15-6-8-17(25)9-7-15)20(13-28(29)30)19-12-27-22-5-3-2-4-18(19)22/h2-12,20,27H,13-14H2,1H3/t20-/m0/s1. The number of nitrogens with zero attached hydrogens (tertiary/aromatic N) is 1. The van der Waals surface area contributed by atoms with Crippen LogP contribution in [0.25, 0.3) is 10.9 Å². The number of rotatable bonds is 8. The van der Waals surface area contributed by atoms with E-state index in [0.29, 0.717) is 22.6 Å². The Hall–Kier alpha value is -2.84. The monoisotopic (exact) mass is 558 g/mol. The van der Waals surface area contributed by atoms with Crippen LogP contribution in [0.4, 0.5) is 0 Å². The molecule has 32 heavy (non-hydrogen) atoms. The molecule has 6 nitrogen and oxygen atoms in total. The predicted octanol–water partition coefficient (Wildman–Crippen LogP) is 6.69. The Morgan fingerprint density at radius 2 is 1.84 bits per heavy atom. The lowest BCUT2D eigenvalue weighted by Crippen LogP contribution is -2.14. The fourth-order valence-electron chi connectivity index (χ4n) is 3.73. The number of ether oxygens (including phenoxy) is 2. The van der Waals surface area contributed by atoms with E-state index < -0.39 is 5.92 Å². The number of H-pyrrole nitrogens is 1. The largest absolute Gasteiger partial charge is 0.493 e. The summed E-state index contributed by atoms with van der Waals surface area (Å²) in [5.74, 6) is 0.615. The molecular formula is C24H20Br2N2O4. The average Bonchev–Trinajstić information content (AvgIpc) is 3.21. The van der Waals surface area contributed by atoms with Gasteiger partial charge in [-0.05, 0) is 63.0 Å². The van der Waals surface area contributed by atoms with E-state index >= 15 is 0 Å². The molecule has 1 N–H and O–H groups in total. The Morgan fingerprint density at radius 1 is 1.09 bits per heavy atom. The Kier molecular flexibility index (Phi) is 6.81. The molecule has 4 rings (SSSR count). The number of aromatic amines is 1. The molecule has 4 aromatic rings. The highest BCUT2D eigenvalue weighted by Crippen LogP contribution is 2.41. The van der Waals surface area contributed by atoms with Gasteiger partial charge in [0.1, 0.15) is 6.61 Å². The van der Waals surface area contributed by atoms with Crippen LogP contribution in [-0.2, 0) is 6.61 Å². The van der Waals surface area contributed by atoms with Gasteiger partial charge < -0.3 is 14.5 Å². The minimum Gasteiger partial charge on any atom is -0.493 e. The number of hydrogen-bond donors (Lipinski definition) is 1. The smallest absolute Gasteiger partial charge is 0.214 e. The van der Waals surface area contributed by atoms with E-state index in [2.05, 4.69) is 36.8 Å². The lowest BCUT2D eigenvalue weighted by Gasteiger charge is -2.18. The molecule has 1 aromatic heterocycles. The third-order valence-electron chi connectivity index (χ3n) is 5.28. The van der Waals surface area contributed by atoms with Gasteiger partial charge in [0, 0.05) is 26.5 Å². The first-order chi connectivity index (χ1) is 15.5. The number of nitro groups is 1. The zero-order valence-electron chi connectivity index (χ0n) is 17.2. The van der Waals surface area contributed by atoms with Gasteiger partial charge in [-0.15, -0.1) is 0 Å². The highest BCUT2D eigenvalue weighted by Gasteiger charge is 2.26. The summed E-state index contributed by atoms with van der Waals surface area (Å²) in [5.41, 5.74) is 3.59. The van der Waals surface area contributed by atoms with Crippen molar-refractivity contribution in [1.82, 2.24) is 4.98 Å². The predicted molar refractivity (Wildman–Crippen MR) is 131 cm³/mol. The molecule has 8 heteroatoms. The quantitative estimate of drug-likeness (QED) is 0.193. The topological polar surface area (TPSA) is 77.4 Å². The van der Waals surface area contributed by atoms with E-state index in [1.807, 2.05) is 66.9 Å². The molecule has 0 fully saturated rings. The van der Waals surface area contributed by atoms with Crippen molar-refractivity contribution in [3.63, 3.8) is 0 Å². The van der Waals surface area contributed by atoms with E-state index in [-0.39, 0.29) is 11.5 Å². The van der Waals surface area contributed by atoms with E-state index in [1.165, 1.54) is 0 Å². The van der Waals surface area contributed by atoms with Crippen molar-refractivity contribution in [3.8, 4) is 11.5 Å². The van der Waals surface area contributed by atoms with Gasteiger partial charge in [-0.2, -0.15) is 0 Å². The van der Waals surface area contributed by atoms with Crippen LogP contribution in [0, 0.1) is 10.1 Å². The molecule has 0 saturated heterocycles. The lowest BCUT2D eigenvalue weighted by molar-refractivity contribution is -0.481. The van der Waals surface area contributed by atoms with E-state index in [1.54, 1.807) is 7.11 Å². The SMILES string of the molecule is COc1cc([C@H](C[N+](=O)[O-])c2c[nH]c3ccccc23)cc(Br)c1OCc1ccc(Br)cc1. The van der Waals surface area contributed by atoms with Gasteiger partial charge >= 0.3 is 0 Å². The van der Waals surface area contributed by atoms with Crippen LogP contribution < -0.4 is 9.47 Å². The Bertz CT molecular complexity index is 1250. The van der Waals surface area contributed by atoms with Gasteiger partial charge in [0.15, 0.2) is 11.5 Å². The molecule has 164 valence electrons. The van der Waals surface area contributed by atoms with Gasteiger partial charge in [0.25, 0.3) is 0 Å². The highest BCUT2D eigenvalue weighted by atomic mass is 79.9. The number of aromatic nitrogens is 1. The highest BCUT2D eigenvalue weighted by molar-refractivity contribution is 9.10. The van der Waals surface area contributed by atoms with E-state index in [0.717, 1.165) is 32.1 Å². The number of para-hydroxylation sites is 1. The Labute approximate surface area is 202 Å². The van der Waals surface area contributed by atoms with Gasteiger partial charge in [-0.3, -0.25) is 10.1 Å². The first-order valence-electron chi connectivity index (χ1n) is 9.88. The van der Waals surface area contributed by atoms with E-state index in [4.69, 9.17) is 9.47 Å². The summed E-state index contributed by atoms with van der Waals surface area (Å²) >= 11 is 7.01. The first kappa shape index (κ1) is 22.4. The zero-order valence-corrected chi connectivity index (χ0v) is 20.4. The summed E-state index contributed by atoms with van der Waals surface area (Å²) in [6.07, 6.45) is 1.84. The van der Waals surface area contributed by atoms with Crippen molar-refractivity contribution in [2.75, 3.05) is 13.7 Å². The number of nitrogens with one attached hydrogen (secondary N) is 1. The van der Waals surface area contributed by atoms with Gasteiger partial charge in [0.05, 0.1) is 17.5 Å². The molecule has 0 saturated carbocycles. The third-order valence-corrected chi connectivity index (χ3v) is 6.40. The Balaban J connectivity index is 1.70. The number of fused-ring (bicyclic) bond motifs is 1. The molecule has 3 aromatic carbocycles. The molecule has 0 amide bonds. The van der Waals surface area contributed by atoms with Crippen LogP contribution in [-0.4, -0.2) is 23.6 Å². The maximum Gasteiger partial charge on any atom is 0.214 e. The van der Waals surface area contributed by atoms with Crippen LogP contribution in [0.5, 0.6) is 11.5 Å². The third kappa shape index (κ3) is 4.81. The van der Waals surface area contributed by atoms with Gasteiger partial charge in [0.2, 0.25) is 6.54 Å². The zero-order chi connectivity index (χ0) is 22.7. The van der Waals surface area contributed by atoms with Crippen molar-refractivity contribution >= 4 is 42.8 Å². The molecule has 0 aliphatic carbocycles. The maximum absolute atomic E-state index is 11.5. The average molecular weight is 560 g/mol. The molecule has 1 heterocycles. The number of halogens is 2. The first-order valence-corrected chi connectivity index (χ1v) is 11.5. The molecular weight excluding hydrogens is 540 g/mol. The summed E-state index contributed by atoms with van der Waals surface area (Å²) in [4.78, 5) is 14.5. The van der Waals surface area contributed by atoms with Crippen molar-refractivity contribution in [3.05, 3.63) is 103 Å². The minimum atomic E-state index is -0.452. The molecule has 0 unspecified atom stereocenters. The van der Waals surface area contributed by atoms with Crippen LogP contribution in [0.3, 0.4) is 0 Å². The number of hydrogen-bond acceptors (Lipinski definition) is 4. The van der Waals surface area contributed by atoms with Crippen LogP contribution in [0.1, 0.15) is 22.6 Å². The normalized spacial score (nSPS) is 12.0. The fourth-order valence-corrected chi connectivity index (χ4v) is 4.57. The van der Waals surface area contributed by atoms with E-state index in [9.17, 15) is 10.1 Å².